The van der Waals surface area contributed by atoms with Crippen LogP contribution in [-0.2, 0) is 15.9 Å². The van der Waals surface area contributed by atoms with Gasteiger partial charge < -0.3 is 19.9 Å². The summed E-state index contributed by atoms with van der Waals surface area (Å²) >= 11 is 0. The van der Waals surface area contributed by atoms with Crippen LogP contribution < -0.4 is 10.5 Å². The molecule has 7 heteroatoms. The molecule has 0 aliphatic carbocycles. The van der Waals surface area contributed by atoms with Crippen molar-refractivity contribution in [2.75, 3.05) is 13.2 Å². The molecule has 1 unspecified atom stereocenters. The van der Waals surface area contributed by atoms with Crippen LogP contribution in [0.25, 0.3) is 0 Å². The van der Waals surface area contributed by atoms with Crippen LogP contribution in [0.2, 0.25) is 0 Å². The zero-order valence-electron chi connectivity index (χ0n) is 12.0. The first kappa shape index (κ1) is 17.7. The van der Waals surface area contributed by atoms with E-state index in [4.69, 9.17) is 15.2 Å². The molecule has 0 aromatic heterocycles. The summed E-state index contributed by atoms with van der Waals surface area (Å²) in [5, 5.41) is 0. The summed E-state index contributed by atoms with van der Waals surface area (Å²) in [4.78, 5) is 0. The highest BCUT2D eigenvalue weighted by molar-refractivity contribution is 5.28. The molecule has 0 saturated heterocycles. The predicted octanol–water partition coefficient (Wildman–Crippen LogP) is 2.85. The molecule has 0 bridgehead atoms. The molecule has 21 heavy (non-hydrogen) atoms. The Morgan fingerprint density at radius 1 is 1.05 bits per heavy atom. The smallest absolute Gasteiger partial charge is 0.406 e. The number of nitrogens with two attached hydrogens (primary N) is 1. The quantitative estimate of drug-likeness (QED) is 0.750. The number of benzene rings is 1. The number of hydrogen-bond acceptors (Lipinski definition) is 4. The fourth-order valence-electron chi connectivity index (χ4n) is 1.82. The van der Waals surface area contributed by atoms with E-state index < -0.39 is 18.7 Å². The molecule has 0 aliphatic rings. The van der Waals surface area contributed by atoms with E-state index in [2.05, 4.69) is 4.74 Å². The van der Waals surface area contributed by atoms with Gasteiger partial charge in [0.15, 0.2) is 6.29 Å². The van der Waals surface area contributed by atoms with Gasteiger partial charge in [0.1, 0.15) is 5.75 Å². The van der Waals surface area contributed by atoms with Crippen molar-refractivity contribution in [3.05, 3.63) is 29.8 Å². The number of halogens is 3. The third-order valence-electron chi connectivity index (χ3n) is 2.64. The second-order valence-electron chi connectivity index (χ2n) is 4.34. The lowest BCUT2D eigenvalue weighted by atomic mass is 10.1. The highest BCUT2D eigenvalue weighted by atomic mass is 19.4. The van der Waals surface area contributed by atoms with E-state index in [1.807, 2.05) is 13.8 Å². The third kappa shape index (κ3) is 6.79. The standard InChI is InChI=1S/C14H20F3NO3/c1-3-19-13(20-4-2)12(18)9-10-5-7-11(8-6-10)21-14(15,16)17/h5-8,12-13H,3-4,9,18H2,1-2H3. The molecule has 0 radical (unpaired) electrons. The summed E-state index contributed by atoms with van der Waals surface area (Å²) in [6.45, 7) is 4.61. The Balaban J connectivity index is 2.61. The number of alkyl halides is 3. The van der Waals surface area contributed by atoms with Crippen LogP contribution >= 0.6 is 0 Å². The first-order valence-corrected chi connectivity index (χ1v) is 6.69. The minimum Gasteiger partial charge on any atom is -0.406 e. The fraction of sp³-hybridized carbons (Fsp3) is 0.571. The molecule has 1 atom stereocenters. The van der Waals surface area contributed by atoms with Gasteiger partial charge in [0.2, 0.25) is 0 Å². The van der Waals surface area contributed by atoms with Crippen LogP contribution in [0.1, 0.15) is 19.4 Å². The molecular formula is C14H20F3NO3. The van der Waals surface area contributed by atoms with Crippen LogP contribution in [0.5, 0.6) is 5.75 Å². The van der Waals surface area contributed by atoms with E-state index in [9.17, 15) is 13.2 Å². The summed E-state index contributed by atoms with van der Waals surface area (Å²) in [6, 6.07) is 5.18. The van der Waals surface area contributed by atoms with Crippen molar-refractivity contribution in [3.8, 4) is 5.75 Å². The minimum absolute atomic E-state index is 0.258. The largest absolute Gasteiger partial charge is 0.573 e. The maximum atomic E-state index is 12.1. The number of ether oxygens (including phenoxy) is 3. The van der Waals surface area contributed by atoms with Gasteiger partial charge in [0, 0.05) is 13.2 Å². The SMILES string of the molecule is CCOC(OCC)C(N)Cc1ccc(OC(F)(F)F)cc1. The Bertz CT molecular complexity index is 403. The van der Waals surface area contributed by atoms with Gasteiger partial charge in [-0.3, -0.25) is 0 Å². The monoisotopic (exact) mass is 307 g/mol. The zero-order valence-corrected chi connectivity index (χ0v) is 12.0. The molecule has 0 heterocycles. The van der Waals surface area contributed by atoms with E-state index in [1.54, 1.807) is 0 Å². The topological polar surface area (TPSA) is 53.7 Å². The van der Waals surface area contributed by atoms with Gasteiger partial charge in [0.25, 0.3) is 0 Å². The molecule has 1 rings (SSSR count). The average molecular weight is 307 g/mol. The van der Waals surface area contributed by atoms with Crippen molar-refractivity contribution in [1.82, 2.24) is 0 Å². The van der Waals surface area contributed by atoms with Gasteiger partial charge in [-0.1, -0.05) is 12.1 Å². The summed E-state index contributed by atoms with van der Waals surface area (Å²) in [6.07, 6.45) is -4.80. The lowest BCUT2D eigenvalue weighted by molar-refractivity contribution is -0.274. The molecule has 0 fully saturated rings. The Kier molecular flexibility index (Phi) is 6.94. The van der Waals surface area contributed by atoms with Gasteiger partial charge in [0.05, 0.1) is 6.04 Å². The fourth-order valence-corrected chi connectivity index (χ4v) is 1.82. The first-order chi connectivity index (χ1) is 9.85. The molecule has 0 aliphatic heterocycles. The van der Waals surface area contributed by atoms with Crippen LogP contribution in [0.15, 0.2) is 24.3 Å². The second kappa shape index (κ2) is 8.21. The highest BCUT2D eigenvalue weighted by Crippen LogP contribution is 2.23. The molecular weight excluding hydrogens is 287 g/mol. The second-order valence-corrected chi connectivity index (χ2v) is 4.34. The van der Waals surface area contributed by atoms with Crippen LogP contribution in [0.4, 0.5) is 13.2 Å². The first-order valence-electron chi connectivity index (χ1n) is 6.69. The highest BCUT2D eigenvalue weighted by Gasteiger charge is 2.31. The van der Waals surface area contributed by atoms with Crippen molar-refractivity contribution >= 4 is 0 Å². The van der Waals surface area contributed by atoms with Crippen molar-refractivity contribution < 1.29 is 27.4 Å². The van der Waals surface area contributed by atoms with E-state index in [0.29, 0.717) is 19.6 Å². The van der Waals surface area contributed by atoms with Gasteiger partial charge >= 0.3 is 6.36 Å². The van der Waals surface area contributed by atoms with Gasteiger partial charge in [-0.2, -0.15) is 0 Å². The van der Waals surface area contributed by atoms with Crippen LogP contribution in [0, 0.1) is 0 Å². The summed E-state index contributed by atoms with van der Waals surface area (Å²) < 4.78 is 50.7. The molecule has 0 saturated carbocycles. The molecule has 2 N–H and O–H groups in total. The normalized spacial score (nSPS) is 13.5. The molecule has 120 valence electrons. The van der Waals surface area contributed by atoms with Crippen LogP contribution in [0.3, 0.4) is 0 Å². The Labute approximate surface area is 122 Å². The van der Waals surface area contributed by atoms with Gasteiger partial charge in [-0.05, 0) is 38.0 Å². The summed E-state index contributed by atoms with van der Waals surface area (Å²) in [7, 11) is 0. The Morgan fingerprint density at radius 2 is 1.57 bits per heavy atom. The predicted molar refractivity (Wildman–Crippen MR) is 71.8 cm³/mol. The van der Waals surface area contributed by atoms with E-state index in [0.717, 1.165) is 5.56 Å². The van der Waals surface area contributed by atoms with Gasteiger partial charge in [-0.25, -0.2) is 0 Å². The summed E-state index contributed by atoms with van der Waals surface area (Å²) in [5.74, 6) is -0.258. The molecule has 0 amide bonds. The van der Waals surface area contributed by atoms with Crippen LogP contribution in [-0.4, -0.2) is 31.9 Å². The lowest BCUT2D eigenvalue weighted by Crippen LogP contribution is -2.40. The minimum atomic E-state index is -4.69. The third-order valence-corrected chi connectivity index (χ3v) is 2.64. The Morgan fingerprint density at radius 3 is 2.00 bits per heavy atom. The zero-order chi connectivity index (χ0) is 15.9. The van der Waals surface area contributed by atoms with Crippen molar-refractivity contribution in [1.29, 1.82) is 0 Å². The van der Waals surface area contributed by atoms with E-state index in [-0.39, 0.29) is 5.75 Å². The van der Waals surface area contributed by atoms with Crippen molar-refractivity contribution in [3.63, 3.8) is 0 Å². The molecule has 1 aromatic carbocycles. The molecule has 1 aromatic rings. The molecule has 0 spiro atoms. The maximum absolute atomic E-state index is 12.1. The number of rotatable bonds is 8. The lowest BCUT2D eigenvalue weighted by Gasteiger charge is -2.23. The van der Waals surface area contributed by atoms with Crippen molar-refractivity contribution in [2.24, 2.45) is 5.73 Å². The Hall–Kier alpha value is -1.31. The van der Waals surface area contributed by atoms with E-state index >= 15 is 0 Å². The average Bonchev–Trinajstić information content (AvgIpc) is 2.39. The molecule has 4 nitrogen and oxygen atoms in total. The van der Waals surface area contributed by atoms with Crippen molar-refractivity contribution in [2.45, 2.75) is 39.0 Å². The van der Waals surface area contributed by atoms with E-state index in [1.165, 1.54) is 24.3 Å². The maximum Gasteiger partial charge on any atom is 0.573 e. The number of hydrogen-bond donors (Lipinski definition) is 1. The summed E-state index contributed by atoms with van der Waals surface area (Å²) in [5.41, 5.74) is 6.78. The van der Waals surface area contributed by atoms with Gasteiger partial charge in [-0.15, -0.1) is 13.2 Å².